The highest BCUT2D eigenvalue weighted by Crippen LogP contribution is 2.25. The van der Waals surface area contributed by atoms with Gasteiger partial charge < -0.3 is 10.2 Å². The molecule has 1 fully saturated rings. The van der Waals surface area contributed by atoms with E-state index in [1.807, 2.05) is 0 Å². The fourth-order valence-corrected chi connectivity index (χ4v) is 2.91. The van der Waals surface area contributed by atoms with E-state index < -0.39 is 0 Å². The van der Waals surface area contributed by atoms with Crippen LogP contribution in [0.1, 0.15) is 52.9 Å². The molecule has 16 heavy (non-hydrogen) atoms. The molecule has 0 aromatic rings. The number of nitrogens with zero attached hydrogens (tertiary/aromatic N) is 1. The molecule has 2 heteroatoms. The normalized spacial score (nSPS) is 21.9. The molecule has 0 radical (unpaired) electrons. The first-order chi connectivity index (χ1) is 7.70. The van der Waals surface area contributed by atoms with Crippen molar-refractivity contribution in [3.05, 3.63) is 0 Å². The van der Waals surface area contributed by atoms with Crippen molar-refractivity contribution in [1.82, 2.24) is 10.2 Å². The smallest absolute Gasteiger partial charge is 0.00475 e. The van der Waals surface area contributed by atoms with Crippen LogP contribution in [-0.4, -0.2) is 37.6 Å². The summed E-state index contributed by atoms with van der Waals surface area (Å²) >= 11 is 0. The van der Waals surface area contributed by atoms with Crippen molar-refractivity contribution >= 4 is 0 Å². The third-order valence-electron chi connectivity index (χ3n) is 3.71. The Hall–Kier alpha value is -0.0800. The number of piperidine rings is 1. The maximum absolute atomic E-state index is 3.54. The maximum atomic E-state index is 3.54. The topological polar surface area (TPSA) is 15.3 Å². The Morgan fingerprint density at radius 2 is 1.81 bits per heavy atom. The predicted octanol–water partition coefficient (Wildman–Crippen LogP) is 2.89. The van der Waals surface area contributed by atoms with Crippen LogP contribution in [0.4, 0.5) is 0 Å². The number of nitrogens with one attached hydrogen (secondary N) is 1. The first-order valence-electron chi connectivity index (χ1n) is 7.13. The standard InChI is InChI=1S/C14H30N2/c1-4-9-14(3,12-15-5-2)13-16-10-7-6-8-11-16/h15H,4-13H2,1-3H3. The second kappa shape index (κ2) is 7.29. The lowest BCUT2D eigenvalue weighted by Crippen LogP contribution is -2.44. The molecule has 0 saturated carbocycles. The summed E-state index contributed by atoms with van der Waals surface area (Å²) in [5.74, 6) is 0. The molecule has 96 valence electrons. The van der Waals surface area contributed by atoms with Gasteiger partial charge in [0.2, 0.25) is 0 Å². The zero-order valence-electron chi connectivity index (χ0n) is 11.5. The van der Waals surface area contributed by atoms with Crippen LogP contribution in [0.15, 0.2) is 0 Å². The van der Waals surface area contributed by atoms with E-state index in [0.29, 0.717) is 5.41 Å². The van der Waals surface area contributed by atoms with Gasteiger partial charge >= 0.3 is 0 Å². The fraction of sp³-hybridized carbons (Fsp3) is 1.00. The lowest BCUT2D eigenvalue weighted by atomic mass is 9.84. The molecule has 1 saturated heterocycles. The third-order valence-corrected chi connectivity index (χ3v) is 3.71. The summed E-state index contributed by atoms with van der Waals surface area (Å²) < 4.78 is 0. The Kier molecular flexibility index (Phi) is 6.37. The minimum atomic E-state index is 0.474. The fourth-order valence-electron chi connectivity index (χ4n) is 2.91. The van der Waals surface area contributed by atoms with E-state index in [4.69, 9.17) is 0 Å². The molecule has 1 heterocycles. The number of likely N-dealkylation sites (tertiary alicyclic amines) is 1. The predicted molar refractivity (Wildman–Crippen MR) is 71.8 cm³/mol. The summed E-state index contributed by atoms with van der Waals surface area (Å²) in [5.41, 5.74) is 0.474. The molecule has 0 aromatic carbocycles. The summed E-state index contributed by atoms with van der Waals surface area (Å²) in [5, 5.41) is 3.54. The second-order valence-corrected chi connectivity index (χ2v) is 5.68. The molecule has 1 atom stereocenters. The highest BCUT2D eigenvalue weighted by molar-refractivity contribution is 4.81. The Bertz CT molecular complexity index is 176. The molecule has 1 N–H and O–H groups in total. The lowest BCUT2D eigenvalue weighted by molar-refractivity contribution is 0.131. The molecular formula is C14H30N2. The van der Waals surface area contributed by atoms with Gasteiger partial charge in [-0.2, -0.15) is 0 Å². The monoisotopic (exact) mass is 226 g/mol. The Morgan fingerprint density at radius 1 is 1.12 bits per heavy atom. The van der Waals surface area contributed by atoms with Crippen molar-refractivity contribution in [2.24, 2.45) is 5.41 Å². The van der Waals surface area contributed by atoms with Gasteiger partial charge in [-0.1, -0.05) is 33.6 Å². The van der Waals surface area contributed by atoms with Gasteiger partial charge in [0.05, 0.1) is 0 Å². The first kappa shape index (κ1) is 14.0. The van der Waals surface area contributed by atoms with Crippen LogP contribution in [0, 0.1) is 5.41 Å². The van der Waals surface area contributed by atoms with E-state index in [1.165, 1.54) is 58.3 Å². The van der Waals surface area contributed by atoms with Gasteiger partial charge in [-0.05, 0) is 44.3 Å². The molecule has 2 nitrogen and oxygen atoms in total. The zero-order valence-corrected chi connectivity index (χ0v) is 11.5. The van der Waals surface area contributed by atoms with Gasteiger partial charge in [0, 0.05) is 13.1 Å². The van der Waals surface area contributed by atoms with E-state index >= 15 is 0 Å². The third kappa shape index (κ3) is 4.84. The summed E-state index contributed by atoms with van der Waals surface area (Å²) in [7, 11) is 0. The molecule has 0 spiro atoms. The van der Waals surface area contributed by atoms with Crippen molar-refractivity contribution in [3.63, 3.8) is 0 Å². The van der Waals surface area contributed by atoms with Crippen molar-refractivity contribution in [2.75, 3.05) is 32.7 Å². The van der Waals surface area contributed by atoms with E-state index in [-0.39, 0.29) is 0 Å². The highest BCUT2D eigenvalue weighted by Gasteiger charge is 2.26. The van der Waals surface area contributed by atoms with Crippen LogP contribution in [0.5, 0.6) is 0 Å². The molecule has 1 unspecified atom stereocenters. The van der Waals surface area contributed by atoms with Crippen molar-refractivity contribution < 1.29 is 0 Å². The molecule has 0 aliphatic carbocycles. The maximum Gasteiger partial charge on any atom is 0.00475 e. The minimum Gasteiger partial charge on any atom is -0.316 e. The summed E-state index contributed by atoms with van der Waals surface area (Å²) in [6.45, 7) is 13.2. The summed E-state index contributed by atoms with van der Waals surface area (Å²) in [6, 6.07) is 0. The average Bonchev–Trinajstić information content (AvgIpc) is 2.28. The van der Waals surface area contributed by atoms with Gasteiger partial charge in [-0.3, -0.25) is 0 Å². The van der Waals surface area contributed by atoms with Crippen LogP contribution >= 0.6 is 0 Å². The van der Waals surface area contributed by atoms with Crippen molar-refractivity contribution in [1.29, 1.82) is 0 Å². The first-order valence-corrected chi connectivity index (χ1v) is 7.13. The molecule has 0 amide bonds. The Balaban J connectivity index is 2.40. The van der Waals surface area contributed by atoms with Crippen LogP contribution < -0.4 is 5.32 Å². The molecule has 0 bridgehead atoms. The average molecular weight is 226 g/mol. The molecule has 1 aliphatic rings. The van der Waals surface area contributed by atoms with Gasteiger partial charge in [0.15, 0.2) is 0 Å². The van der Waals surface area contributed by atoms with Gasteiger partial charge in [-0.25, -0.2) is 0 Å². The minimum absolute atomic E-state index is 0.474. The Labute approximate surface area is 102 Å². The Morgan fingerprint density at radius 3 is 2.38 bits per heavy atom. The van der Waals surface area contributed by atoms with Gasteiger partial charge in [0.1, 0.15) is 0 Å². The highest BCUT2D eigenvalue weighted by atomic mass is 15.1. The van der Waals surface area contributed by atoms with Crippen LogP contribution in [0.25, 0.3) is 0 Å². The van der Waals surface area contributed by atoms with Gasteiger partial charge in [-0.15, -0.1) is 0 Å². The molecule has 1 rings (SSSR count). The van der Waals surface area contributed by atoms with Gasteiger partial charge in [0.25, 0.3) is 0 Å². The van der Waals surface area contributed by atoms with E-state index in [2.05, 4.69) is 31.0 Å². The molecule has 0 aromatic heterocycles. The van der Waals surface area contributed by atoms with E-state index in [0.717, 1.165) is 6.54 Å². The molecular weight excluding hydrogens is 196 g/mol. The summed E-state index contributed by atoms with van der Waals surface area (Å²) in [4.78, 5) is 2.68. The quantitative estimate of drug-likeness (QED) is 0.718. The van der Waals surface area contributed by atoms with Crippen LogP contribution in [-0.2, 0) is 0 Å². The number of rotatable bonds is 7. The summed E-state index contributed by atoms with van der Waals surface area (Å²) in [6.07, 6.45) is 6.90. The lowest BCUT2D eigenvalue weighted by Gasteiger charge is -2.37. The SMILES string of the molecule is CCCC(C)(CNCC)CN1CCCCC1. The molecule has 1 aliphatic heterocycles. The number of hydrogen-bond acceptors (Lipinski definition) is 2. The van der Waals surface area contributed by atoms with Crippen molar-refractivity contribution in [2.45, 2.75) is 52.9 Å². The van der Waals surface area contributed by atoms with E-state index in [9.17, 15) is 0 Å². The second-order valence-electron chi connectivity index (χ2n) is 5.68. The van der Waals surface area contributed by atoms with E-state index in [1.54, 1.807) is 0 Å². The van der Waals surface area contributed by atoms with Crippen molar-refractivity contribution in [3.8, 4) is 0 Å². The van der Waals surface area contributed by atoms with Crippen LogP contribution in [0.2, 0.25) is 0 Å². The van der Waals surface area contributed by atoms with Crippen LogP contribution in [0.3, 0.4) is 0 Å². The number of hydrogen-bond donors (Lipinski definition) is 1. The zero-order chi connectivity index (χ0) is 11.9. The largest absolute Gasteiger partial charge is 0.316 e.